The molecule has 2 heteroatoms. The van der Waals surface area contributed by atoms with Crippen LogP contribution >= 0.6 is 23.2 Å². The van der Waals surface area contributed by atoms with Crippen LogP contribution < -0.4 is 0 Å². The van der Waals surface area contributed by atoms with Crippen LogP contribution in [0.15, 0.2) is 10.6 Å². The van der Waals surface area contributed by atoms with Crippen LogP contribution in [0.1, 0.15) is 26.2 Å². The van der Waals surface area contributed by atoms with E-state index in [1.807, 2.05) is 6.08 Å². The van der Waals surface area contributed by atoms with Crippen molar-refractivity contribution in [2.45, 2.75) is 26.2 Å². The van der Waals surface area contributed by atoms with Crippen molar-refractivity contribution in [3.8, 4) is 0 Å². The van der Waals surface area contributed by atoms with E-state index in [0.717, 1.165) is 6.42 Å². The van der Waals surface area contributed by atoms with Gasteiger partial charge in [0.25, 0.3) is 0 Å². The van der Waals surface area contributed by atoms with E-state index in [1.54, 1.807) is 0 Å². The third-order valence-electron chi connectivity index (χ3n) is 0.856. The number of hydrogen-bond acceptors (Lipinski definition) is 0. The number of hydrogen-bond donors (Lipinski definition) is 0. The Hall–Kier alpha value is 0.320. The molecule has 0 saturated heterocycles. The molecule has 0 aliphatic rings. The second-order valence-corrected chi connectivity index (χ2v) is 2.64. The Morgan fingerprint density at radius 3 is 2.50 bits per heavy atom. The molecule has 0 rings (SSSR count). The Morgan fingerprint density at radius 1 is 1.50 bits per heavy atom. The molecular weight excluding hydrogens is 143 g/mol. The fraction of sp³-hybridized carbons (Fsp3) is 0.667. The minimum absolute atomic E-state index is 0.387. The summed E-state index contributed by atoms with van der Waals surface area (Å²) < 4.78 is 0.387. The zero-order chi connectivity index (χ0) is 6.41. The normalized spacial score (nSPS) is 8.88. The van der Waals surface area contributed by atoms with Crippen molar-refractivity contribution in [1.29, 1.82) is 0 Å². The van der Waals surface area contributed by atoms with E-state index in [1.165, 1.54) is 12.8 Å². The molecule has 0 nitrogen and oxygen atoms in total. The lowest BCUT2D eigenvalue weighted by Gasteiger charge is -1.86. The Morgan fingerprint density at radius 2 is 2.12 bits per heavy atom. The van der Waals surface area contributed by atoms with Crippen LogP contribution in [0, 0.1) is 0 Å². The van der Waals surface area contributed by atoms with E-state index in [4.69, 9.17) is 23.2 Å². The van der Waals surface area contributed by atoms with Gasteiger partial charge in [-0.25, -0.2) is 0 Å². The zero-order valence-corrected chi connectivity index (χ0v) is 6.47. The van der Waals surface area contributed by atoms with Crippen molar-refractivity contribution in [1.82, 2.24) is 0 Å². The Balaban J connectivity index is 3.03. The maximum absolute atomic E-state index is 5.34. The van der Waals surface area contributed by atoms with E-state index >= 15 is 0 Å². The van der Waals surface area contributed by atoms with Crippen LogP contribution in [-0.4, -0.2) is 0 Å². The molecule has 0 atom stereocenters. The lowest BCUT2D eigenvalue weighted by atomic mass is 10.2. The highest BCUT2D eigenvalue weighted by molar-refractivity contribution is 6.55. The predicted octanol–water partition coefficient (Wildman–Crippen LogP) is 3.50. The maximum atomic E-state index is 5.34. The average molecular weight is 153 g/mol. The molecular formula is C6H10Cl2. The molecule has 0 radical (unpaired) electrons. The van der Waals surface area contributed by atoms with Crippen molar-refractivity contribution < 1.29 is 0 Å². The fourth-order valence-corrected chi connectivity index (χ4v) is 0.634. The van der Waals surface area contributed by atoms with Gasteiger partial charge in [0.15, 0.2) is 0 Å². The molecule has 0 bridgehead atoms. The van der Waals surface area contributed by atoms with E-state index in [2.05, 4.69) is 6.92 Å². The van der Waals surface area contributed by atoms with Crippen LogP contribution in [0.4, 0.5) is 0 Å². The summed E-state index contributed by atoms with van der Waals surface area (Å²) >= 11 is 10.7. The molecule has 0 aromatic carbocycles. The smallest absolute Gasteiger partial charge is 0.0713 e. The first-order valence-electron chi connectivity index (χ1n) is 2.78. The average Bonchev–Trinajstić information content (AvgIpc) is 1.66. The molecule has 0 unspecified atom stereocenters. The molecule has 0 saturated carbocycles. The topological polar surface area (TPSA) is 0 Å². The van der Waals surface area contributed by atoms with Crippen LogP contribution in [0.2, 0.25) is 0 Å². The number of allylic oxidation sites excluding steroid dienone is 1. The third kappa shape index (κ3) is 6.32. The van der Waals surface area contributed by atoms with Crippen molar-refractivity contribution in [3.05, 3.63) is 10.6 Å². The maximum Gasteiger partial charge on any atom is 0.102 e. The standard InChI is InChI=1S/C6H10Cl2/c1-2-3-4-5-6(7)8/h5H,2-4H2,1H3. The highest BCUT2D eigenvalue weighted by Crippen LogP contribution is 2.08. The first-order valence-corrected chi connectivity index (χ1v) is 3.54. The van der Waals surface area contributed by atoms with Gasteiger partial charge in [-0.15, -0.1) is 0 Å². The van der Waals surface area contributed by atoms with Gasteiger partial charge in [-0.1, -0.05) is 42.6 Å². The molecule has 0 aliphatic carbocycles. The quantitative estimate of drug-likeness (QED) is 0.544. The summed E-state index contributed by atoms with van der Waals surface area (Å²) in [6, 6.07) is 0. The first-order chi connectivity index (χ1) is 3.77. The minimum atomic E-state index is 0.387. The summed E-state index contributed by atoms with van der Waals surface area (Å²) in [4.78, 5) is 0. The second-order valence-electron chi connectivity index (χ2n) is 1.64. The van der Waals surface area contributed by atoms with E-state index in [-0.39, 0.29) is 0 Å². The molecule has 0 aromatic heterocycles. The first kappa shape index (κ1) is 8.32. The minimum Gasteiger partial charge on any atom is -0.0713 e. The van der Waals surface area contributed by atoms with Gasteiger partial charge in [-0.3, -0.25) is 0 Å². The third-order valence-corrected chi connectivity index (χ3v) is 1.16. The number of halogens is 2. The van der Waals surface area contributed by atoms with Crippen molar-refractivity contribution in [3.63, 3.8) is 0 Å². The van der Waals surface area contributed by atoms with Crippen molar-refractivity contribution in [2.75, 3.05) is 0 Å². The van der Waals surface area contributed by atoms with E-state index in [9.17, 15) is 0 Å². The second kappa shape index (κ2) is 5.46. The monoisotopic (exact) mass is 152 g/mol. The zero-order valence-electron chi connectivity index (χ0n) is 4.95. The fourth-order valence-electron chi connectivity index (χ4n) is 0.415. The highest BCUT2D eigenvalue weighted by atomic mass is 35.5. The number of unbranched alkanes of at least 4 members (excludes halogenated alkanes) is 2. The summed E-state index contributed by atoms with van der Waals surface area (Å²) in [5.74, 6) is 0. The van der Waals surface area contributed by atoms with Crippen molar-refractivity contribution >= 4 is 23.2 Å². The lowest BCUT2D eigenvalue weighted by Crippen LogP contribution is -1.65. The van der Waals surface area contributed by atoms with Gasteiger partial charge >= 0.3 is 0 Å². The van der Waals surface area contributed by atoms with Gasteiger partial charge in [0.1, 0.15) is 4.49 Å². The molecule has 0 aromatic rings. The van der Waals surface area contributed by atoms with Gasteiger partial charge in [0, 0.05) is 0 Å². The lowest BCUT2D eigenvalue weighted by molar-refractivity contribution is 0.815. The van der Waals surface area contributed by atoms with Gasteiger partial charge in [-0.05, 0) is 12.8 Å². The Labute approximate surface area is 60.5 Å². The summed E-state index contributed by atoms with van der Waals surface area (Å²) in [5, 5.41) is 0. The number of rotatable bonds is 3. The van der Waals surface area contributed by atoms with E-state index in [0.29, 0.717) is 4.49 Å². The largest absolute Gasteiger partial charge is 0.102 e. The molecule has 0 aliphatic heterocycles. The van der Waals surface area contributed by atoms with Gasteiger partial charge in [0.05, 0.1) is 0 Å². The van der Waals surface area contributed by atoms with Crippen LogP contribution in [-0.2, 0) is 0 Å². The van der Waals surface area contributed by atoms with Crippen LogP contribution in [0.5, 0.6) is 0 Å². The van der Waals surface area contributed by atoms with Gasteiger partial charge in [0.2, 0.25) is 0 Å². The SMILES string of the molecule is CCCCC=C(Cl)Cl. The predicted molar refractivity (Wildman–Crippen MR) is 39.3 cm³/mol. The van der Waals surface area contributed by atoms with Crippen LogP contribution in [0.3, 0.4) is 0 Å². The Bertz CT molecular complexity index is 72.6. The summed E-state index contributed by atoms with van der Waals surface area (Å²) in [6.07, 6.45) is 5.19. The van der Waals surface area contributed by atoms with Crippen LogP contribution in [0.25, 0.3) is 0 Å². The molecule has 0 amide bonds. The summed E-state index contributed by atoms with van der Waals surface area (Å²) in [7, 11) is 0. The molecule has 0 heterocycles. The van der Waals surface area contributed by atoms with Gasteiger partial charge < -0.3 is 0 Å². The Kier molecular flexibility index (Phi) is 5.67. The summed E-state index contributed by atoms with van der Waals surface area (Å²) in [5.41, 5.74) is 0. The van der Waals surface area contributed by atoms with E-state index < -0.39 is 0 Å². The highest BCUT2D eigenvalue weighted by Gasteiger charge is 1.81. The van der Waals surface area contributed by atoms with Crippen molar-refractivity contribution in [2.24, 2.45) is 0 Å². The summed E-state index contributed by atoms with van der Waals surface area (Å²) in [6.45, 7) is 2.13. The molecule has 0 fully saturated rings. The molecule has 0 N–H and O–H groups in total. The molecule has 8 heavy (non-hydrogen) atoms. The molecule has 0 spiro atoms. The van der Waals surface area contributed by atoms with Gasteiger partial charge in [-0.2, -0.15) is 0 Å². The molecule has 48 valence electrons.